The van der Waals surface area contributed by atoms with Gasteiger partial charge in [0.15, 0.2) is 0 Å². The summed E-state index contributed by atoms with van der Waals surface area (Å²) in [6, 6.07) is 28.7. The molecular formula is C51H74N6O10. The summed E-state index contributed by atoms with van der Waals surface area (Å²) in [5, 5.41) is 12.6. The zero-order chi connectivity index (χ0) is 48.5. The zero-order valence-electron chi connectivity index (χ0n) is 40.1. The van der Waals surface area contributed by atoms with Crippen molar-refractivity contribution in [3.05, 3.63) is 108 Å². The van der Waals surface area contributed by atoms with Crippen molar-refractivity contribution >= 4 is 35.6 Å². The van der Waals surface area contributed by atoms with Gasteiger partial charge in [-0.05, 0) is 95.2 Å². The summed E-state index contributed by atoms with van der Waals surface area (Å²) in [5.41, 5.74) is 2.23. The Balaban J connectivity index is 1.33. The maximum Gasteiger partial charge on any atom is 0.407 e. The van der Waals surface area contributed by atoms with Crippen molar-refractivity contribution in [2.24, 2.45) is 0 Å². The average molecular weight is 931 g/mol. The van der Waals surface area contributed by atoms with Crippen molar-refractivity contribution < 1.29 is 48.0 Å². The summed E-state index contributed by atoms with van der Waals surface area (Å²) in [7, 11) is 0. The molecule has 3 aromatic carbocycles. The minimum atomic E-state index is -0.570. The molecule has 0 bridgehead atoms. The molecule has 16 heteroatoms. The van der Waals surface area contributed by atoms with E-state index >= 15 is 0 Å². The number of ether oxygens (including phenoxy) is 1. The molecule has 3 N–H and O–H groups in total. The summed E-state index contributed by atoms with van der Waals surface area (Å²) in [4.78, 5) is 93.3. The molecule has 0 unspecified atom stereocenters. The lowest BCUT2D eigenvalue weighted by Crippen LogP contribution is -2.34. The summed E-state index contributed by atoms with van der Waals surface area (Å²) in [6.45, 7) is 10.1. The van der Waals surface area contributed by atoms with Crippen LogP contribution in [-0.2, 0) is 63.0 Å². The van der Waals surface area contributed by atoms with Crippen LogP contribution < -0.4 is 16.0 Å². The fourth-order valence-electron chi connectivity index (χ4n) is 6.51. The molecule has 0 heterocycles. The number of alkyl carbamates (subject to hydrolysis) is 1. The Morgan fingerprint density at radius 3 is 1.15 bits per heavy atom. The maximum atomic E-state index is 13.3. The van der Waals surface area contributed by atoms with Gasteiger partial charge < -0.3 is 20.7 Å². The van der Waals surface area contributed by atoms with E-state index in [1.807, 2.05) is 112 Å². The first-order valence-electron chi connectivity index (χ1n) is 23.7. The Labute approximate surface area is 397 Å². The quantitative estimate of drug-likeness (QED) is 0.0404. The Morgan fingerprint density at radius 1 is 0.448 bits per heavy atom. The Bertz CT molecular complexity index is 1880. The number of hydroxylamine groups is 6. The monoisotopic (exact) mass is 931 g/mol. The van der Waals surface area contributed by atoms with E-state index < -0.39 is 11.7 Å². The van der Waals surface area contributed by atoms with Crippen LogP contribution in [0.1, 0.15) is 128 Å². The van der Waals surface area contributed by atoms with E-state index in [1.165, 1.54) is 22.1 Å². The lowest BCUT2D eigenvalue weighted by Gasteiger charge is -2.22. The number of hydrogen-bond donors (Lipinski definition) is 3. The van der Waals surface area contributed by atoms with Crippen molar-refractivity contribution in [3.8, 4) is 0 Å². The van der Waals surface area contributed by atoms with Crippen molar-refractivity contribution in [2.45, 2.75) is 137 Å². The normalized spacial score (nSPS) is 11.0. The van der Waals surface area contributed by atoms with Crippen LogP contribution in [0.5, 0.6) is 0 Å². The van der Waals surface area contributed by atoms with E-state index in [1.54, 1.807) is 0 Å². The average Bonchev–Trinajstić information content (AvgIpc) is 3.31. The molecule has 6 amide bonds. The first kappa shape index (κ1) is 55.5. The Hall–Kier alpha value is -5.84. The van der Waals surface area contributed by atoms with Gasteiger partial charge in [0.25, 0.3) is 0 Å². The van der Waals surface area contributed by atoms with Crippen molar-refractivity contribution in [3.63, 3.8) is 0 Å². The third kappa shape index (κ3) is 26.8. The largest absolute Gasteiger partial charge is 0.444 e. The topological polar surface area (TPSA) is 185 Å². The fourth-order valence-corrected chi connectivity index (χ4v) is 6.51. The number of carbonyl (C=O) groups excluding carboxylic acids is 6. The van der Waals surface area contributed by atoms with Gasteiger partial charge in [-0.2, -0.15) is 0 Å². The minimum Gasteiger partial charge on any atom is -0.444 e. The lowest BCUT2D eigenvalue weighted by atomic mass is 10.2. The highest BCUT2D eigenvalue weighted by Gasteiger charge is 2.19. The molecule has 0 aliphatic heterocycles. The highest BCUT2D eigenvalue weighted by atomic mass is 16.7. The Morgan fingerprint density at radius 2 is 0.791 bits per heavy atom. The van der Waals surface area contributed by atoms with Crippen LogP contribution in [0.2, 0.25) is 0 Å². The van der Waals surface area contributed by atoms with E-state index in [0.717, 1.165) is 42.4 Å². The molecule has 0 aliphatic rings. The van der Waals surface area contributed by atoms with Gasteiger partial charge in [-0.15, -0.1) is 0 Å². The number of unbranched alkanes of at least 4 members (excludes halogenated alkanes) is 6. The molecule has 0 radical (unpaired) electrons. The van der Waals surface area contributed by atoms with Crippen molar-refractivity contribution in [2.75, 3.05) is 39.3 Å². The van der Waals surface area contributed by atoms with Gasteiger partial charge in [0.1, 0.15) is 25.4 Å². The molecule has 0 saturated carbocycles. The van der Waals surface area contributed by atoms with E-state index in [4.69, 9.17) is 19.2 Å². The van der Waals surface area contributed by atoms with Gasteiger partial charge in [0.05, 0.1) is 0 Å². The molecule has 368 valence electrons. The van der Waals surface area contributed by atoms with Crippen LogP contribution in [-0.4, -0.2) is 95.7 Å². The van der Waals surface area contributed by atoms with E-state index in [2.05, 4.69) is 16.0 Å². The van der Waals surface area contributed by atoms with Gasteiger partial charge in [-0.3, -0.25) is 38.5 Å². The summed E-state index contributed by atoms with van der Waals surface area (Å²) in [5.74, 6) is -1.20. The second-order valence-corrected chi connectivity index (χ2v) is 17.2. The lowest BCUT2D eigenvalue weighted by molar-refractivity contribution is -0.192. The van der Waals surface area contributed by atoms with Crippen LogP contribution in [0.4, 0.5) is 4.79 Å². The number of rotatable bonds is 33. The summed E-state index contributed by atoms with van der Waals surface area (Å²) < 4.78 is 5.27. The number of nitrogens with zero attached hydrogens (tertiary/aromatic N) is 3. The molecule has 0 atom stereocenters. The van der Waals surface area contributed by atoms with E-state index in [0.29, 0.717) is 78.0 Å². The van der Waals surface area contributed by atoms with Gasteiger partial charge >= 0.3 is 6.09 Å². The van der Waals surface area contributed by atoms with E-state index in [9.17, 15) is 28.8 Å². The molecule has 0 fully saturated rings. The van der Waals surface area contributed by atoms with Crippen LogP contribution >= 0.6 is 0 Å². The highest BCUT2D eigenvalue weighted by Crippen LogP contribution is 2.12. The van der Waals surface area contributed by atoms with Gasteiger partial charge in [0, 0.05) is 71.9 Å². The molecule has 0 aliphatic carbocycles. The molecule has 16 nitrogen and oxygen atoms in total. The fraction of sp³-hybridized carbons (Fsp3) is 0.529. The zero-order valence-corrected chi connectivity index (χ0v) is 40.1. The standard InChI is InChI=1S/C51H74N6O10/c1-42(58)55(64-39-43-23-11-5-12-24-43)36-20-8-17-33-52-46(59)29-31-48(61)56(65-40-44-25-13-6-14-26-44)37-21-9-18-34-53-47(60)30-32-49(62)57(66-41-45-27-15-7-16-28-45)38-22-10-19-35-54-50(63)67-51(2,3)4/h5-7,11-16,23-28H,8-10,17-22,29-41H2,1-4H3,(H,52,59)(H,53,60)(H,54,63). The van der Waals surface area contributed by atoms with Gasteiger partial charge in [-0.25, -0.2) is 20.0 Å². The second kappa shape index (κ2) is 32.8. The first-order chi connectivity index (χ1) is 32.3. The second-order valence-electron chi connectivity index (χ2n) is 17.2. The highest BCUT2D eigenvalue weighted by molar-refractivity contribution is 5.84. The maximum absolute atomic E-state index is 13.3. The molecule has 0 spiro atoms. The van der Waals surface area contributed by atoms with Gasteiger partial charge in [-0.1, -0.05) is 91.0 Å². The number of amides is 6. The van der Waals surface area contributed by atoms with Crippen molar-refractivity contribution in [1.29, 1.82) is 0 Å². The van der Waals surface area contributed by atoms with E-state index in [-0.39, 0.29) is 68.4 Å². The first-order valence-corrected chi connectivity index (χ1v) is 23.7. The molecule has 3 rings (SSSR count). The number of hydrogen-bond acceptors (Lipinski definition) is 10. The third-order valence-electron chi connectivity index (χ3n) is 10.2. The van der Waals surface area contributed by atoms with Crippen molar-refractivity contribution in [1.82, 2.24) is 31.1 Å². The minimum absolute atomic E-state index is 0.0101. The van der Waals surface area contributed by atoms with Crippen LogP contribution in [0.25, 0.3) is 0 Å². The van der Waals surface area contributed by atoms with Crippen LogP contribution in [0.3, 0.4) is 0 Å². The smallest absolute Gasteiger partial charge is 0.407 e. The predicted molar refractivity (Wildman–Crippen MR) is 255 cm³/mol. The molecular weight excluding hydrogens is 857 g/mol. The summed E-state index contributed by atoms with van der Waals surface area (Å²) in [6.07, 6.45) is 5.85. The molecule has 0 saturated heterocycles. The molecule has 67 heavy (non-hydrogen) atoms. The number of nitrogens with one attached hydrogen (secondary N) is 3. The SMILES string of the molecule is CC(=O)N(CCCCCNC(=O)CCC(=O)N(CCCCCNC(=O)CCC(=O)N(CCCCCNC(=O)OC(C)(C)C)OCc1ccccc1)OCc1ccccc1)OCc1ccccc1. The number of carbonyl (C=O) groups is 6. The summed E-state index contributed by atoms with van der Waals surface area (Å²) >= 11 is 0. The third-order valence-corrected chi connectivity index (χ3v) is 10.2. The number of benzene rings is 3. The Kier molecular flexibility index (Phi) is 27.1. The van der Waals surface area contributed by atoms with Gasteiger partial charge in [0.2, 0.25) is 29.5 Å². The molecule has 0 aromatic heterocycles. The predicted octanol–water partition coefficient (Wildman–Crippen LogP) is 7.72. The molecule has 3 aromatic rings. The van der Waals surface area contributed by atoms with Crippen LogP contribution in [0, 0.1) is 0 Å². The van der Waals surface area contributed by atoms with Crippen LogP contribution in [0.15, 0.2) is 91.0 Å².